The van der Waals surface area contributed by atoms with Crippen LogP contribution in [0.4, 0.5) is 22.0 Å². The molecule has 0 aromatic heterocycles. The van der Waals surface area contributed by atoms with E-state index < -0.39 is 40.6 Å². The fourth-order valence-corrected chi connectivity index (χ4v) is 2.34. The Bertz CT molecular complexity index is 519. The third kappa shape index (κ3) is 2.24. The molecule has 1 atom stereocenters. The van der Waals surface area contributed by atoms with E-state index in [1.54, 1.807) is 0 Å². The molecular weight excluding hydrogens is 287 g/mol. The molecule has 0 bridgehead atoms. The van der Waals surface area contributed by atoms with Gasteiger partial charge in [0.15, 0.2) is 28.4 Å². The van der Waals surface area contributed by atoms with Crippen molar-refractivity contribution in [3.8, 4) is 0 Å². The Morgan fingerprint density at radius 2 is 1.47 bits per heavy atom. The highest BCUT2D eigenvalue weighted by Gasteiger charge is 2.34. The van der Waals surface area contributed by atoms with Gasteiger partial charge in [0.2, 0.25) is 5.82 Å². The van der Waals surface area contributed by atoms with Crippen molar-refractivity contribution in [3.63, 3.8) is 0 Å². The van der Waals surface area contributed by atoms with Gasteiger partial charge in [-0.15, -0.1) is 0 Å². The molecule has 1 aromatic carbocycles. The number of thiocarbonyl (C=S) groups is 1. The molecule has 2 nitrogen and oxygen atoms in total. The van der Waals surface area contributed by atoms with Crippen LogP contribution in [0.2, 0.25) is 0 Å². The minimum absolute atomic E-state index is 0.0337. The number of benzene rings is 1. The lowest BCUT2D eigenvalue weighted by Crippen LogP contribution is -2.33. The van der Waals surface area contributed by atoms with Gasteiger partial charge in [0.1, 0.15) is 0 Å². The van der Waals surface area contributed by atoms with Crippen molar-refractivity contribution in [1.29, 1.82) is 0 Å². The second kappa shape index (κ2) is 4.92. The molecule has 0 spiro atoms. The van der Waals surface area contributed by atoms with E-state index in [4.69, 9.17) is 18.0 Å². The topological polar surface area (TPSA) is 29.3 Å². The normalized spacial score (nSPS) is 19.0. The zero-order valence-corrected chi connectivity index (χ0v) is 10.3. The minimum Gasteiger partial charge on any atom is -0.376 e. The molecule has 19 heavy (non-hydrogen) atoms. The summed E-state index contributed by atoms with van der Waals surface area (Å²) in [5.41, 5.74) is 4.56. The molecule has 1 saturated heterocycles. The van der Waals surface area contributed by atoms with E-state index in [0.717, 1.165) is 0 Å². The molecule has 0 aliphatic carbocycles. The van der Waals surface area contributed by atoms with E-state index in [1.165, 1.54) is 4.90 Å². The monoisotopic (exact) mass is 296 g/mol. The molecule has 0 amide bonds. The Kier molecular flexibility index (Phi) is 3.62. The number of hydrogen-bond donors (Lipinski definition) is 1. The SMILES string of the molecule is NC(=S)N1CC[C@@H](c2c(F)c(F)c(F)c(F)c2F)C1. The summed E-state index contributed by atoms with van der Waals surface area (Å²) >= 11 is 4.70. The molecule has 1 heterocycles. The van der Waals surface area contributed by atoms with Crippen LogP contribution >= 0.6 is 12.2 Å². The molecule has 1 aliphatic rings. The summed E-state index contributed by atoms with van der Waals surface area (Å²) in [6, 6.07) is 0. The number of nitrogens with two attached hydrogens (primary N) is 1. The molecule has 1 fully saturated rings. The van der Waals surface area contributed by atoms with E-state index in [-0.39, 0.29) is 18.1 Å². The Morgan fingerprint density at radius 1 is 1.00 bits per heavy atom. The van der Waals surface area contributed by atoms with E-state index >= 15 is 0 Å². The van der Waals surface area contributed by atoms with Gasteiger partial charge in [0.25, 0.3) is 0 Å². The van der Waals surface area contributed by atoms with Crippen LogP contribution in [0.25, 0.3) is 0 Å². The second-order valence-corrected chi connectivity index (χ2v) is 4.67. The van der Waals surface area contributed by atoms with Gasteiger partial charge in [-0.2, -0.15) is 0 Å². The molecule has 2 rings (SSSR count). The summed E-state index contributed by atoms with van der Waals surface area (Å²) in [5.74, 6) is -10.4. The molecule has 104 valence electrons. The van der Waals surface area contributed by atoms with Crippen molar-refractivity contribution in [3.05, 3.63) is 34.6 Å². The first-order chi connectivity index (χ1) is 8.84. The number of nitrogens with zero attached hydrogens (tertiary/aromatic N) is 1. The van der Waals surface area contributed by atoms with Crippen LogP contribution in [0.3, 0.4) is 0 Å². The van der Waals surface area contributed by atoms with Crippen LogP contribution in [0.5, 0.6) is 0 Å². The Balaban J connectivity index is 2.44. The molecule has 0 unspecified atom stereocenters. The van der Waals surface area contributed by atoms with Crippen LogP contribution in [-0.2, 0) is 0 Å². The Labute approximate surface area is 111 Å². The van der Waals surface area contributed by atoms with E-state index in [1.807, 2.05) is 0 Å². The zero-order chi connectivity index (χ0) is 14.3. The van der Waals surface area contributed by atoms with Crippen LogP contribution in [0.15, 0.2) is 0 Å². The molecule has 0 radical (unpaired) electrons. The van der Waals surface area contributed by atoms with Crippen LogP contribution in [0.1, 0.15) is 17.9 Å². The van der Waals surface area contributed by atoms with Gasteiger partial charge in [-0.1, -0.05) is 0 Å². The van der Waals surface area contributed by atoms with Crippen molar-refractivity contribution in [2.24, 2.45) is 5.73 Å². The van der Waals surface area contributed by atoms with Crippen molar-refractivity contribution in [2.45, 2.75) is 12.3 Å². The van der Waals surface area contributed by atoms with Crippen molar-refractivity contribution < 1.29 is 22.0 Å². The predicted octanol–water partition coefficient (Wildman–Crippen LogP) is 2.42. The summed E-state index contributed by atoms with van der Waals surface area (Å²) in [4.78, 5) is 1.46. The molecule has 0 saturated carbocycles. The summed E-state index contributed by atoms with van der Waals surface area (Å²) in [7, 11) is 0. The minimum atomic E-state index is -2.15. The van der Waals surface area contributed by atoms with Gasteiger partial charge in [-0.05, 0) is 18.6 Å². The maximum atomic E-state index is 13.6. The van der Waals surface area contributed by atoms with Crippen LogP contribution in [-0.4, -0.2) is 23.1 Å². The third-order valence-corrected chi connectivity index (χ3v) is 3.41. The zero-order valence-electron chi connectivity index (χ0n) is 9.52. The second-order valence-electron chi connectivity index (χ2n) is 4.25. The fraction of sp³-hybridized carbons (Fsp3) is 0.364. The average Bonchev–Trinajstić information content (AvgIpc) is 2.84. The molecule has 2 N–H and O–H groups in total. The van der Waals surface area contributed by atoms with Crippen molar-refractivity contribution in [2.75, 3.05) is 13.1 Å². The lowest BCUT2D eigenvalue weighted by molar-refractivity contribution is 0.363. The average molecular weight is 296 g/mol. The highest BCUT2D eigenvalue weighted by Crippen LogP contribution is 2.34. The maximum Gasteiger partial charge on any atom is 0.200 e. The first kappa shape index (κ1) is 14.0. The smallest absolute Gasteiger partial charge is 0.200 e. The third-order valence-electron chi connectivity index (χ3n) is 3.15. The van der Waals surface area contributed by atoms with E-state index in [9.17, 15) is 22.0 Å². The van der Waals surface area contributed by atoms with Gasteiger partial charge >= 0.3 is 0 Å². The Hall–Kier alpha value is -1.44. The van der Waals surface area contributed by atoms with E-state index in [2.05, 4.69) is 0 Å². The van der Waals surface area contributed by atoms with Crippen LogP contribution < -0.4 is 5.73 Å². The lowest BCUT2D eigenvalue weighted by atomic mass is 9.96. The number of halogens is 5. The summed E-state index contributed by atoms with van der Waals surface area (Å²) < 4.78 is 66.2. The fourth-order valence-electron chi connectivity index (χ4n) is 2.18. The summed E-state index contributed by atoms with van der Waals surface area (Å²) in [6.45, 7) is 0.354. The molecular formula is C11H9F5N2S. The summed E-state index contributed by atoms with van der Waals surface area (Å²) in [5, 5.41) is 0.0337. The van der Waals surface area contributed by atoms with Gasteiger partial charge in [-0.3, -0.25) is 0 Å². The summed E-state index contributed by atoms with van der Waals surface area (Å²) in [6.07, 6.45) is 0.218. The standard InChI is InChI=1S/C11H9F5N2S/c12-6-5(4-1-2-18(3-4)11(17)19)7(13)9(15)10(16)8(6)14/h4H,1-3H2,(H2,17,19)/t4-/m1/s1. The van der Waals surface area contributed by atoms with Crippen molar-refractivity contribution >= 4 is 17.3 Å². The molecule has 8 heteroatoms. The number of hydrogen-bond acceptors (Lipinski definition) is 1. The van der Waals surface area contributed by atoms with E-state index in [0.29, 0.717) is 6.54 Å². The van der Waals surface area contributed by atoms with Crippen molar-refractivity contribution in [1.82, 2.24) is 4.90 Å². The first-order valence-corrected chi connectivity index (χ1v) is 5.81. The lowest BCUT2D eigenvalue weighted by Gasteiger charge is -2.17. The molecule has 1 aliphatic heterocycles. The Morgan fingerprint density at radius 3 is 1.89 bits per heavy atom. The highest BCUT2D eigenvalue weighted by molar-refractivity contribution is 7.80. The largest absolute Gasteiger partial charge is 0.376 e. The van der Waals surface area contributed by atoms with Gasteiger partial charge in [0.05, 0.1) is 0 Å². The number of rotatable bonds is 1. The predicted molar refractivity (Wildman–Crippen MR) is 61.9 cm³/mol. The maximum absolute atomic E-state index is 13.6. The number of likely N-dealkylation sites (tertiary alicyclic amines) is 1. The molecule has 1 aromatic rings. The van der Waals surface area contributed by atoms with Crippen LogP contribution in [0, 0.1) is 29.1 Å². The van der Waals surface area contributed by atoms with Gasteiger partial charge in [0, 0.05) is 24.6 Å². The quantitative estimate of drug-likeness (QED) is 0.373. The first-order valence-electron chi connectivity index (χ1n) is 5.40. The van der Waals surface area contributed by atoms with Gasteiger partial charge < -0.3 is 10.6 Å². The van der Waals surface area contributed by atoms with Gasteiger partial charge in [-0.25, -0.2) is 22.0 Å². The highest BCUT2D eigenvalue weighted by atomic mass is 32.1.